The van der Waals surface area contributed by atoms with Gasteiger partial charge in [0.25, 0.3) is 0 Å². The third-order valence-electron chi connectivity index (χ3n) is 7.25. The first kappa shape index (κ1) is 27.1. The molecule has 0 spiro atoms. The van der Waals surface area contributed by atoms with Crippen LogP contribution in [0.3, 0.4) is 0 Å². The number of hydrogen-bond donors (Lipinski definition) is 1. The number of fused-ring (bicyclic) bond motifs is 1. The van der Waals surface area contributed by atoms with E-state index in [-0.39, 0.29) is 18.0 Å². The maximum atomic E-state index is 13.3. The number of carboxylic acids is 1. The first-order valence-electron chi connectivity index (χ1n) is 13.0. The molecule has 0 aromatic heterocycles. The van der Waals surface area contributed by atoms with Crippen molar-refractivity contribution >= 4 is 17.5 Å². The highest BCUT2D eigenvalue weighted by atomic mass is 16.5. The first-order valence-corrected chi connectivity index (χ1v) is 13.0. The molecule has 0 fully saturated rings. The SMILES string of the molecule is COc1ccc(C(=O)CC2(C(=O)O)Cc3ccccc3C2)cc1OCCc1cccc(CCCC(C)=O)c1. The van der Waals surface area contributed by atoms with Gasteiger partial charge in [-0.2, -0.15) is 0 Å². The minimum absolute atomic E-state index is 0.0841. The molecule has 0 aliphatic heterocycles. The van der Waals surface area contributed by atoms with Crippen LogP contribution >= 0.6 is 0 Å². The van der Waals surface area contributed by atoms with Crippen molar-refractivity contribution in [1.82, 2.24) is 0 Å². The molecule has 1 aliphatic carbocycles. The third-order valence-corrected chi connectivity index (χ3v) is 7.25. The fourth-order valence-corrected chi connectivity index (χ4v) is 5.18. The lowest BCUT2D eigenvalue weighted by atomic mass is 9.79. The summed E-state index contributed by atoms with van der Waals surface area (Å²) in [5.41, 5.74) is 3.56. The van der Waals surface area contributed by atoms with Crippen molar-refractivity contribution in [3.05, 3.63) is 94.5 Å². The van der Waals surface area contributed by atoms with Crippen LogP contribution in [0.25, 0.3) is 0 Å². The summed E-state index contributed by atoms with van der Waals surface area (Å²) in [6.45, 7) is 2.00. The van der Waals surface area contributed by atoms with Gasteiger partial charge in [-0.25, -0.2) is 0 Å². The number of carbonyl (C=O) groups is 3. The Labute approximate surface area is 223 Å². The first-order chi connectivity index (χ1) is 18.3. The van der Waals surface area contributed by atoms with Crippen LogP contribution in [0.5, 0.6) is 11.5 Å². The topological polar surface area (TPSA) is 89.9 Å². The smallest absolute Gasteiger partial charge is 0.310 e. The molecule has 6 nitrogen and oxygen atoms in total. The Balaban J connectivity index is 1.41. The molecule has 0 saturated carbocycles. The minimum Gasteiger partial charge on any atom is -0.493 e. The molecule has 3 aromatic rings. The van der Waals surface area contributed by atoms with Crippen molar-refractivity contribution in [1.29, 1.82) is 0 Å². The molecule has 1 aliphatic rings. The summed E-state index contributed by atoms with van der Waals surface area (Å²) in [6, 6.07) is 20.9. The van der Waals surface area contributed by atoms with Gasteiger partial charge in [-0.05, 0) is 73.1 Å². The molecule has 3 aromatic carbocycles. The summed E-state index contributed by atoms with van der Waals surface area (Å²) in [5, 5.41) is 10.1. The number of benzene rings is 3. The summed E-state index contributed by atoms with van der Waals surface area (Å²) < 4.78 is 11.5. The van der Waals surface area contributed by atoms with Gasteiger partial charge in [0.1, 0.15) is 5.78 Å². The molecule has 0 amide bonds. The fraction of sp³-hybridized carbons (Fsp3) is 0.344. The van der Waals surface area contributed by atoms with E-state index in [4.69, 9.17) is 9.47 Å². The molecule has 198 valence electrons. The van der Waals surface area contributed by atoms with E-state index >= 15 is 0 Å². The molecule has 0 atom stereocenters. The lowest BCUT2D eigenvalue weighted by molar-refractivity contribution is -0.148. The molecule has 0 radical (unpaired) electrons. The minimum atomic E-state index is -1.14. The molecule has 38 heavy (non-hydrogen) atoms. The molecule has 1 N–H and O–H groups in total. The van der Waals surface area contributed by atoms with Gasteiger partial charge >= 0.3 is 5.97 Å². The monoisotopic (exact) mass is 514 g/mol. The van der Waals surface area contributed by atoms with Gasteiger partial charge in [0.15, 0.2) is 17.3 Å². The Hall–Kier alpha value is -3.93. The molecular weight excluding hydrogens is 480 g/mol. The zero-order valence-corrected chi connectivity index (χ0v) is 22.0. The Morgan fingerprint density at radius 2 is 1.55 bits per heavy atom. The summed E-state index contributed by atoms with van der Waals surface area (Å²) in [5.74, 6) is -0.00647. The van der Waals surface area contributed by atoms with Crippen LogP contribution in [0.4, 0.5) is 0 Å². The number of aliphatic carboxylic acids is 1. The van der Waals surface area contributed by atoms with Gasteiger partial charge in [-0.15, -0.1) is 0 Å². The molecule has 6 heteroatoms. The zero-order chi connectivity index (χ0) is 27.1. The predicted molar refractivity (Wildman–Crippen MR) is 145 cm³/mol. The van der Waals surface area contributed by atoms with E-state index in [2.05, 4.69) is 12.1 Å². The van der Waals surface area contributed by atoms with Gasteiger partial charge in [0.2, 0.25) is 0 Å². The van der Waals surface area contributed by atoms with Crippen LogP contribution in [-0.4, -0.2) is 36.4 Å². The van der Waals surface area contributed by atoms with E-state index in [1.807, 2.05) is 36.4 Å². The molecular formula is C32H34O6. The van der Waals surface area contributed by atoms with Gasteiger partial charge in [0, 0.05) is 24.8 Å². The van der Waals surface area contributed by atoms with Crippen molar-refractivity contribution in [2.75, 3.05) is 13.7 Å². The van der Waals surface area contributed by atoms with Crippen LogP contribution in [0.15, 0.2) is 66.7 Å². The van der Waals surface area contributed by atoms with E-state index in [0.717, 1.165) is 29.5 Å². The number of aryl methyl sites for hydroxylation is 1. The van der Waals surface area contributed by atoms with Gasteiger partial charge in [-0.3, -0.25) is 9.59 Å². The largest absolute Gasteiger partial charge is 0.493 e. The van der Waals surface area contributed by atoms with Crippen LogP contribution in [-0.2, 0) is 35.3 Å². The van der Waals surface area contributed by atoms with Crippen LogP contribution in [0.1, 0.15) is 58.8 Å². The zero-order valence-electron chi connectivity index (χ0n) is 22.0. The molecule has 0 bridgehead atoms. The van der Waals surface area contributed by atoms with E-state index in [0.29, 0.717) is 49.4 Å². The molecule has 0 unspecified atom stereocenters. The lowest BCUT2D eigenvalue weighted by Gasteiger charge is -2.23. The number of ketones is 2. The van der Waals surface area contributed by atoms with E-state index in [9.17, 15) is 19.5 Å². The lowest BCUT2D eigenvalue weighted by Crippen LogP contribution is -2.34. The number of rotatable bonds is 13. The average molecular weight is 515 g/mol. The number of hydrogen-bond acceptors (Lipinski definition) is 5. The van der Waals surface area contributed by atoms with Crippen molar-refractivity contribution in [3.63, 3.8) is 0 Å². The second-order valence-corrected chi connectivity index (χ2v) is 10.1. The number of ether oxygens (including phenoxy) is 2. The Bertz CT molecular complexity index is 1300. The molecule has 4 rings (SSSR count). The van der Waals surface area contributed by atoms with Crippen molar-refractivity contribution in [2.45, 2.75) is 51.9 Å². The number of carbonyl (C=O) groups excluding carboxylic acids is 2. The van der Waals surface area contributed by atoms with Crippen molar-refractivity contribution < 1.29 is 29.0 Å². The summed E-state index contributed by atoms with van der Waals surface area (Å²) in [4.78, 5) is 36.8. The summed E-state index contributed by atoms with van der Waals surface area (Å²) >= 11 is 0. The van der Waals surface area contributed by atoms with E-state index in [1.165, 1.54) is 5.56 Å². The second-order valence-electron chi connectivity index (χ2n) is 10.1. The fourth-order valence-electron chi connectivity index (χ4n) is 5.18. The standard InChI is InChI=1S/C32H34O6/c1-22(33)7-5-8-23-9-6-10-24(17-23)15-16-38-30-18-25(13-14-29(30)37-2)28(34)21-32(31(35)36)19-26-11-3-4-12-27(26)20-32/h3-4,6,9-14,17-18H,5,7-8,15-16,19-21H2,1-2H3,(H,35,36). The van der Waals surface area contributed by atoms with Gasteiger partial charge < -0.3 is 19.4 Å². The summed E-state index contributed by atoms with van der Waals surface area (Å²) in [6.07, 6.45) is 3.55. The number of Topliss-reactive ketones (excluding diaryl/α,β-unsaturated/α-hetero) is 2. The normalized spacial score (nSPS) is 13.5. The van der Waals surface area contributed by atoms with Crippen LogP contribution in [0.2, 0.25) is 0 Å². The van der Waals surface area contributed by atoms with E-state index in [1.54, 1.807) is 32.2 Å². The van der Waals surface area contributed by atoms with E-state index < -0.39 is 11.4 Å². The second kappa shape index (κ2) is 12.1. The van der Waals surface area contributed by atoms with Gasteiger partial charge in [-0.1, -0.05) is 48.5 Å². The third kappa shape index (κ3) is 6.49. The highest BCUT2D eigenvalue weighted by molar-refractivity contribution is 5.99. The molecule has 0 saturated heterocycles. The van der Waals surface area contributed by atoms with Gasteiger partial charge in [0.05, 0.1) is 19.1 Å². The maximum Gasteiger partial charge on any atom is 0.310 e. The van der Waals surface area contributed by atoms with Crippen molar-refractivity contribution in [2.24, 2.45) is 5.41 Å². The maximum absolute atomic E-state index is 13.3. The number of methoxy groups -OCH3 is 1. The Morgan fingerprint density at radius 1 is 0.868 bits per heavy atom. The quantitative estimate of drug-likeness (QED) is 0.296. The van der Waals surface area contributed by atoms with Crippen LogP contribution < -0.4 is 9.47 Å². The molecule has 0 heterocycles. The Kier molecular flexibility index (Phi) is 8.62. The predicted octanol–water partition coefficient (Wildman–Crippen LogP) is 5.67. The summed E-state index contributed by atoms with van der Waals surface area (Å²) in [7, 11) is 1.55. The highest BCUT2D eigenvalue weighted by Gasteiger charge is 2.45. The van der Waals surface area contributed by atoms with Crippen molar-refractivity contribution in [3.8, 4) is 11.5 Å². The highest BCUT2D eigenvalue weighted by Crippen LogP contribution is 2.41. The number of carboxylic acid groups (broad SMARTS) is 1. The van der Waals surface area contributed by atoms with Crippen LogP contribution in [0, 0.1) is 5.41 Å². The Morgan fingerprint density at radius 3 is 2.18 bits per heavy atom. The average Bonchev–Trinajstić information content (AvgIpc) is 3.28.